The summed E-state index contributed by atoms with van der Waals surface area (Å²) in [6.45, 7) is 1.46. The summed E-state index contributed by atoms with van der Waals surface area (Å²) < 4.78 is 32.0. The van der Waals surface area contributed by atoms with Crippen LogP contribution >= 0.6 is 12.2 Å². The second-order valence-corrected chi connectivity index (χ2v) is 9.73. The zero-order chi connectivity index (χ0) is 23.3. The number of nitrogens with one attached hydrogen (secondary N) is 2. The predicted molar refractivity (Wildman–Crippen MR) is 133 cm³/mol. The monoisotopic (exact) mass is 481 g/mol. The number of thiocarbonyl (C=S) groups is 1. The first-order valence-electron chi connectivity index (χ1n) is 10.4. The maximum Gasteiger partial charge on any atom is 0.250 e. The number of sulfonamides is 1. The Kier molecular flexibility index (Phi) is 7.14. The summed E-state index contributed by atoms with van der Waals surface area (Å²) in [5.74, 6) is -0.369. The number of ether oxygens (including phenoxy) is 1. The number of anilines is 1. The van der Waals surface area contributed by atoms with Gasteiger partial charge in [-0.05, 0) is 58.9 Å². The number of carbonyl (C=O) groups is 1. The van der Waals surface area contributed by atoms with E-state index in [2.05, 4.69) is 10.6 Å². The minimum absolute atomic E-state index is 0.117. The van der Waals surface area contributed by atoms with Crippen LogP contribution in [0.15, 0.2) is 77.7 Å². The van der Waals surface area contributed by atoms with Crippen molar-refractivity contribution in [2.75, 3.05) is 31.6 Å². The van der Waals surface area contributed by atoms with E-state index in [4.69, 9.17) is 17.0 Å². The van der Waals surface area contributed by atoms with Crippen LogP contribution in [0.1, 0.15) is 5.56 Å². The third-order valence-corrected chi connectivity index (χ3v) is 7.31. The van der Waals surface area contributed by atoms with Crippen molar-refractivity contribution in [2.45, 2.75) is 4.90 Å². The molecule has 1 fully saturated rings. The van der Waals surface area contributed by atoms with Gasteiger partial charge in [0.1, 0.15) is 0 Å². The summed E-state index contributed by atoms with van der Waals surface area (Å²) in [5, 5.41) is 7.76. The number of amides is 1. The molecular weight excluding hydrogens is 458 g/mol. The van der Waals surface area contributed by atoms with Crippen LogP contribution in [0.4, 0.5) is 5.69 Å². The van der Waals surface area contributed by atoms with Gasteiger partial charge >= 0.3 is 0 Å². The molecule has 2 N–H and O–H groups in total. The van der Waals surface area contributed by atoms with Crippen molar-refractivity contribution in [1.29, 1.82) is 0 Å². The molecule has 170 valence electrons. The van der Waals surface area contributed by atoms with Crippen LogP contribution < -0.4 is 10.6 Å². The highest BCUT2D eigenvalue weighted by Gasteiger charge is 2.26. The fourth-order valence-electron chi connectivity index (χ4n) is 3.52. The zero-order valence-electron chi connectivity index (χ0n) is 17.7. The number of rotatable bonds is 5. The number of fused-ring (bicyclic) bond motifs is 1. The van der Waals surface area contributed by atoms with Gasteiger partial charge in [0.15, 0.2) is 5.11 Å². The normalized spacial score (nSPS) is 14.9. The lowest BCUT2D eigenvalue weighted by atomic mass is 10.0. The molecule has 0 saturated carbocycles. The lowest BCUT2D eigenvalue weighted by molar-refractivity contribution is -0.115. The first-order chi connectivity index (χ1) is 15.9. The van der Waals surface area contributed by atoms with Crippen molar-refractivity contribution in [3.05, 3.63) is 78.4 Å². The zero-order valence-corrected chi connectivity index (χ0v) is 19.4. The molecule has 0 atom stereocenters. The summed E-state index contributed by atoms with van der Waals surface area (Å²) in [6, 6.07) is 20.1. The molecule has 3 aromatic carbocycles. The molecule has 1 amide bonds. The first-order valence-corrected chi connectivity index (χ1v) is 12.2. The van der Waals surface area contributed by atoms with E-state index in [0.717, 1.165) is 16.3 Å². The fourth-order valence-corrected chi connectivity index (χ4v) is 5.15. The van der Waals surface area contributed by atoms with Crippen molar-refractivity contribution in [3.8, 4) is 0 Å². The molecule has 33 heavy (non-hydrogen) atoms. The summed E-state index contributed by atoms with van der Waals surface area (Å²) >= 11 is 5.21. The van der Waals surface area contributed by atoms with Gasteiger partial charge < -0.3 is 10.1 Å². The SMILES string of the molecule is O=C(/C=C/c1cccc2ccccc12)NC(=S)Nc1ccc(S(=O)(=O)N2CCOCC2)cc1. The fraction of sp³-hybridized carbons (Fsp3) is 0.167. The topological polar surface area (TPSA) is 87.7 Å². The van der Waals surface area contributed by atoms with E-state index >= 15 is 0 Å². The lowest BCUT2D eigenvalue weighted by Crippen LogP contribution is -2.40. The van der Waals surface area contributed by atoms with Gasteiger partial charge in [-0.2, -0.15) is 4.31 Å². The maximum atomic E-state index is 12.7. The highest BCUT2D eigenvalue weighted by Crippen LogP contribution is 2.20. The van der Waals surface area contributed by atoms with Gasteiger partial charge in [0.25, 0.3) is 0 Å². The average Bonchev–Trinajstić information content (AvgIpc) is 2.83. The van der Waals surface area contributed by atoms with Crippen LogP contribution in [-0.4, -0.2) is 50.0 Å². The molecule has 1 aliphatic heterocycles. The molecule has 3 aromatic rings. The molecule has 4 rings (SSSR count). The Morgan fingerprint density at radius 1 is 0.970 bits per heavy atom. The van der Waals surface area contributed by atoms with Gasteiger partial charge in [-0.1, -0.05) is 42.5 Å². The molecular formula is C24H23N3O4S2. The minimum atomic E-state index is -3.56. The van der Waals surface area contributed by atoms with Crippen molar-refractivity contribution >= 4 is 55.8 Å². The molecule has 1 heterocycles. The van der Waals surface area contributed by atoms with Crippen LogP contribution in [0.5, 0.6) is 0 Å². The molecule has 0 unspecified atom stereocenters. The Labute approximate surface area is 198 Å². The molecule has 0 bridgehead atoms. The van der Waals surface area contributed by atoms with E-state index in [1.807, 2.05) is 42.5 Å². The Morgan fingerprint density at radius 2 is 1.67 bits per heavy atom. The number of hydrogen-bond donors (Lipinski definition) is 2. The van der Waals surface area contributed by atoms with Crippen LogP contribution in [0, 0.1) is 0 Å². The quantitative estimate of drug-likeness (QED) is 0.429. The number of hydrogen-bond acceptors (Lipinski definition) is 5. The Hall–Kier alpha value is -3.11. The number of morpholine rings is 1. The van der Waals surface area contributed by atoms with E-state index in [1.54, 1.807) is 18.2 Å². The van der Waals surface area contributed by atoms with Gasteiger partial charge in [0.2, 0.25) is 15.9 Å². The second-order valence-electron chi connectivity index (χ2n) is 7.39. The molecule has 0 radical (unpaired) electrons. The van der Waals surface area contributed by atoms with E-state index in [9.17, 15) is 13.2 Å². The van der Waals surface area contributed by atoms with Crippen molar-refractivity contribution in [1.82, 2.24) is 9.62 Å². The third kappa shape index (κ3) is 5.63. The summed E-state index contributed by atoms with van der Waals surface area (Å²) in [4.78, 5) is 12.5. The van der Waals surface area contributed by atoms with Gasteiger partial charge in [-0.3, -0.25) is 10.1 Å². The van der Waals surface area contributed by atoms with Crippen molar-refractivity contribution < 1.29 is 17.9 Å². The highest BCUT2D eigenvalue weighted by molar-refractivity contribution is 7.89. The molecule has 7 nitrogen and oxygen atoms in total. The molecule has 0 aliphatic carbocycles. The van der Waals surface area contributed by atoms with E-state index in [1.165, 1.54) is 22.5 Å². The standard InChI is InChI=1S/C24H23N3O4S2/c28-23(13-8-19-6-3-5-18-4-1-2-7-22(18)19)26-24(32)25-20-9-11-21(12-10-20)33(29,30)27-14-16-31-17-15-27/h1-13H,14-17H2,(H2,25,26,28,32)/b13-8+. The van der Waals surface area contributed by atoms with E-state index in [-0.39, 0.29) is 15.9 Å². The second kappa shape index (κ2) is 10.2. The summed E-state index contributed by atoms with van der Waals surface area (Å²) in [7, 11) is -3.56. The van der Waals surface area contributed by atoms with E-state index in [0.29, 0.717) is 32.0 Å². The molecule has 1 saturated heterocycles. The largest absolute Gasteiger partial charge is 0.379 e. The maximum absolute atomic E-state index is 12.7. The molecule has 0 aromatic heterocycles. The van der Waals surface area contributed by atoms with Crippen LogP contribution in [0.2, 0.25) is 0 Å². The summed E-state index contributed by atoms with van der Waals surface area (Å²) in [6.07, 6.45) is 3.17. The smallest absolute Gasteiger partial charge is 0.250 e. The minimum Gasteiger partial charge on any atom is -0.379 e. The predicted octanol–water partition coefficient (Wildman–Crippen LogP) is 3.39. The van der Waals surface area contributed by atoms with Gasteiger partial charge in [0, 0.05) is 24.9 Å². The lowest BCUT2D eigenvalue weighted by Gasteiger charge is -2.26. The Balaban J connectivity index is 1.35. The number of nitrogens with zero attached hydrogens (tertiary/aromatic N) is 1. The highest BCUT2D eigenvalue weighted by atomic mass is 32.2. The summed E-state index contributed by atoms with van der Waals surface area (Å²) in [5.41, 5.74) is 1.50. The van der Waals surface area contributed by atoms with E-state index < -0.39 is 10.0 Å². The third-order valence-electron chi connectivity index (χ3n) is 5.19. The van der Waals surface area contributed by atoms with Gasteiger partial charge in [0.05, 0.1) is 18.1 Å². The Bertz CT molecular complexity index is 1290. The van der Waals surface area contributed by atoms with Crippen molar-refractivity contribution in [2.24, 2.45) is 0 Å². The van der Waals surface area contributed by atoms with Crippen LogP contribution in [0.3, 0.4) is 0 Å². The molecule has 1 aliphatic rings. The molecule has 0 spiro atoms. The Morgan fingerprint density at radius 3 is 2.42 bits per heavy atom. The average molecular weight is 482 g/mol. The molecule has 9 heteroatoms. The van der Waals surface area contributed by atoms with Crippen LogP contribution in [0.25, 0.3) is 16.8 Å². The van der Waals surface area contributed by atoms with Crippen molar-refractivity contribution in [3.63, 3.8) is 0 Å². The first kappa shape index (κ1) is 23.1. The van der Waals surface area contributed by atoms with Gasteiger partial charge in [-0.15, -0.1) is 0 Å². The number of carbonyl (C=O) groups excluding carboxylic acids is 1. The number of benzene rings is 3. The van der Waals surface area contributed by atoms with Gasteiger partial charge in [-0.25, -0.2) is 8.42 Å². The van der Waals surface area contributed by atoms with Crippen LogP contribution in [-0.2, 0) is 19.6 Å².